The Labute approximate surface area is 194 Å². The number of nitrogens with one attached hydrogen (secondary N) is 3. The highest BCUT2D eigenvalue weighted by Crippen LogP contribution is 2.42. The molecule has 2 aromatic carbocycles. The second-order valence-corrected chi connectivity index (χ2v) is 9.06. The third-order valence-electron chi connectivity index (χ3n) is 6.90. The first-order valence-electron chi connectivity index (χ1n) is 11.7. The number of carbonyl (C=O) groups is 2. The second kappa shape index (κ2) is 9.83. The average molecular weight is 452 g/mol. The van der Waals surface area contributed by atoms with Gasteiger partial charge in [0.15, 0.2) is 0 Å². The largest absolute Gasteiger partial charge is 0.497 e. The van der Waals surface area contributed by atoms with Crippen molar-refractivity contribution in [3.8, 4) is 16.9 Å². The Morgan fingerprint density at radius 3 is 2.36 bits per heavy atom. The van der Waals surface area contributed by atoms with Crippen molar-refractivity contribution < 1.29 is 19.4 Å². The van der Waals surface area contributed by atoms with E-state index in [1.54, 1.807) is 19.2 Å². The van der Waals surface area contributed by atoms with E-state index in [4.69, 9.17) is 9.84 Å². The molecule has 4 N–H and O–H groups in total. The number of amides is 3. The van der Waals surface area contributed by atoms with Gasteiger partial charge in [-0.15, -0.1) is 0 Å². The molecule has 1 unspecified atom stereocenters. The van der Waals surface area contributed by atoms with Gasteiger partial charge in [0.05, 0.1) is 12.6 Å². The van der Waals surface area contributed by atoms with Gasteiger partial charge in [-0.3, -0.25) is 4.79 Å². The Hall–Kier alpha value is -3.06. The van der Waals surface area contributed by atoms with Gasteiger partial charge in [0.2, 0.25) is 0 Å². The van der Waals surface area contributed by atoms with Crippen molar-refractivity contribution in [2.75, 3.05) is 20.4 Å². The summed E-state index contributed by atoms with van der Waals surface area (Å²) in [6.07, 6.45) is 5.18. The predicted molar refractivity (Wildman–Crippen MR) is 127 cm³/mol. The van der Waals surface area contributed by atoms with Gasteiger partial charge in [-0.05, 0) is 78.8 Å². The standard InChI is InChI=1S/C26H33N3O4/c1-3-26(20-10-11-20,29-25(32)28-16-30)15-27-24(31)22-13-12-21(33-2)14-23(22)19-8-6-18(7-9-19)17-4-5-17/h6-9,12-14,17,20,30H,3-5,10-11,15-16H2,1-2H3,(H,27,31)(H2,28,29,32). The first kappa shape index (κ1) is 23.1. The highest BCUT2D eigenvalue weighted by Gasteiger charge is 2.45. The maximum Gasteiger partial charge on any atom is 0.317 e. The molecule has 1 atom stereocenters. The minimum absolute atomic E-state index is 0.193. The fourth-order valence-corrected chi connectivity index (χ4v) is 4.54. The topological polar surface area (TPSA) is 99.7 Å². The van der Waals surface area contributed by atoms with Gasteiger partial charge in [-0.1, -0.05) is 31.2 Å². The molecule has 176 valence electrons. The molecule has 33 heavy (non-hydrogen) atoms. The summed E-state index contributed by atoms with van der Waals surface area (Å²) in [6, 6.07) is 13.5. The summed E-state index contributed by atoms with van der Waals surface area (Å²) in [4.78, 5) is 25.5. The van der Waals surface area contributed by atoms with Gasteiger partial charge < -0.3 is 25.8 Å². The Morgan fingerprint density at radius 1 is 1.06 bits per heavy atom. The van der Waals surface area contributed by atoms with E-state index >= 15 is 0 Å². The van der Waals surface area contributed by atoms with Crippen molar-refractivity contribution in [3.63, 3.8) is 0 Å². The van der Waals surface area contributed by atoms with Crippen LogP contribution in [-0.2, 0) is 0 Å². The molecule has 0 aliphatic heterocycles. The summed E-state index contributed by atoms with van der Waals surface area (Å²) < 4.78 is 5.41. The lowest BCUT2D eigenvalue weighted by Crippen LogP contribution is -2.59. The lowest BCUT2D eigenvalue weighted by Gasteiger charge is -2.34. The quantitative estimate of drug-likeness (QED) is 0.413. The highest BCUT2D eigenvalue weighted by molar-refractivity contribution is 6.01. The van der Waals surface area contributed by atoms with Crippen LogP contribution in [0.1, 0.15) is 60.9 Å². The third-order valence-corrected chi connectivity index (χ3v) is 6.90. The van der Waals surface area contributed by atoms with E-state index < -0.39 is 18.3 Å². The molecule has 0 aromatic heterocycles. The molecule has 2 aromatic rings. The Bertz CT molecular complexity index is 999. The molecule has 0 radical (unpaired) electrons. The summed E-state index contributed by atoms with van der Waals surface area (Å²) in [6.45, 7) is 1.89. The molecular weight excluding hydrogens is 418 g/mol. The number of aliphatic hydroxyl groups excluding tert-OH is 1. The van der Waals surface area contributed by atoms with Crippen molar-refractivity contribution in [2.24, 2.45) is 5.92 Å². The molecule has 0 spiro atoms. The monoisotopic (exact) mass is 451 g/mol. The number of hydrogen-bond acceptors (Lipinski definition) is 4. The van der Waals surface area contributed by atoms with Crippen molar-refractivity contribution in [3.05, 3.63) is 53.6 Å². The lowest BCUT2D eigenvalue weighted by atomic mass is 9.89. The number of methoxy groups -OCH3 is 1. The van der Waals surface area contributed by atoms with Crippen LogP contribution in [0, 0.1) is 5.92 Å². The van der Waals surface area contributed by atoms with Crippen molar-refractivity contribution in [2.45, 2.75) is 50.5 Å². The number of ether oxygens (including phenoxy) is 1. The van der Waals surface area contributed by atoms with Crippen LogP contribution in [0.2, 0.25) is 0 Å². The maximum absolute atomic E-state index is 13.3. The molecule has 2 aliphatic rings. The second-order valence-electron chi connectivity index (χ2n) is 9.06. The van der Waals surface area contributed by atoms with E-state index in [0.717, 1.165) is 24.0 Å². The van der Waals surface area contributed by atoms with Gasteiger partial charge in [-0.25, -0.2) is 4.79 Å². The molecule has 2 fully saturated rings. The van der Waals surface area contributed by atoms with Crippen molar-refractivity contribution in [1.82, 2.24) is 16.0 Å². The molecule has 0 heterocycles. The Kier molecular flexibility index (Phi) is 6.88. The van der Waals surface area contributed by atoms with E-state index in [0.29, 0.717) is 36.1 Å². The first-order valence-corrected chi connectivity index (χ1v) is 11.7. The van der Waals surface area contributed by atoms with Crippen LogP contribution in [0.25, 0.3) is 11.1 Å². The van der Waals surface area contributed by atoms with Crippen molar-refractivity contribution >= 4 is 11.9 Å². The van der Waals surface area contributed by atoms with Crippen LogP contribution in [-0.4, -0.2) is 43.0 Å². The van der Waals surface area contributed by atoms with Crippen LogP contribution in [0.5, 0.6) is 5.75 Å². The summed E-state index contributed by atoms with van der Waals surface area (Å²) in [7, 11) is 1.61. The third kappa shape index (κ3) is 5.30. The SMILES string of the molecule is CCC(CNC(=O)c1ccc(OC)cc1-c1ccc(C2CC2)cc1)(NC(=O)NCO)C1CC1. The number of aliphatic hydroxyl groups is 1. The zero-order valence-electron chi connectivity index (χ0n) is 19.3. The number of benzene rings is 2. The molecule has 7 heteroatoms. The van der Waals surface area contributed by atoms with Gasteiger partial charge in [0.25, 0.3) is 5.91 Å². The molecule has 0 bridgehead atoms. The summed E-state index contributed by atoms with van der Waals surface area (Å²) in [5.74, 6) is 1.47. The molecule has 4 rings (SSSR count). The van der Waals surface area contributed by atoms with E-state index in [1.165, 1.54) is 18.4 Å². The highest BCUT2D eigenvalue weighted by atomic mass is 16.5. The summed E-state index contributed by atoms with van der Waals surface area (Å²) in [5, 5.41) is 17.4. The summed E-state index contributed by atoms with van der Waals surface area (Å²) in [5.41, 5.74) is 3.14. The average Bonchev–Trinajstić information content (AvgIpc) is 3.74. The minimum atomic E-state index is -0.548. The van der Waals surface area contributed by atoms with Crippen LogP contribution in [0.4, 0.5) is 4.79 Å². The smallest absolute Gasteiger partial charge is 0.317 e. The van der Waals surface area contributed by atoms with Crippen LogP contribution < -0.4 is 20.7 Å². The fraction of sp³-hybridized carbons (Fsp3) is 0.462. The molecule has 7 nitrogen and oxygen atoms in total. The molecule has 2 aliphatic carbocycles. The summed E-state index contributed by atoms with van der Waals surface area (Å²) >= 11 is 0. The lowest BCUT2D eigenvalue weighted by molar-refractivity contribution is 0.0933. The maximum atomic E-state index is 13.3. The van der Waals surface area contributed by atoms with Crippen LogP contribution in [0.15, 0.2) is 42.5 Å². The minimum Gasteiger partial charge on any atom is -0.497 e. The van der Waals surface area contributed by atoms with Crippen LogP contribution in [0.3, 0.4) is 0 Å². The van der Waals surface area contributed by atoms with Crippen LogP contribution >= 0.6 is 0 Å². The van der Waals surface area contributed by atoms with E-state index in [9.17, 15) is 9.59 Å². The van der Waals surface area contributed by atoms with E-state index in [-0.39, 0.29) is 5.91 Å². The fourth-order valence-electron chi connectivity index (χ4n) is 4.54. The number of urea groups is 1. The molecule has 2 saturated carbocycles. The van der Waals surface area contributed by atoms with Crippen molar-refractivity contribution in [1.29, 1.82) is 0 Å². The molecular formula is C26H33N3O4. The number of rotatable bonds is 10. The molecule has 0 saturated heterocycles. The Morgan fingerprint density at radius 2 is 1.79 bits per heavy atom. The normalized spacial score (nSPS) is 17.1. The zero-order chi connectivity index (χ0) is 23.4. The van der Waals surface area contributed by atoms with E-state index in [1.807, 2.05) is 13.0 Å². The van der Waals surface area contributed by atoms with Gasteiger partial charge in [0.1, 0.15) is 12.5 Å². The number of carbonyl (C=O) groups excluding carboxylic acids is 2. The number of hydrogen-bond donors (Lipinski definition) is 4. The zero-order valence-corrected chi connectivity index (χ0v) is 19.3. The van der Waals surface area contributed by atoms with Gasteiger partial charge >= 0.3 is 6.03 Å². The van der Waals surface area contributed by atoms with E-state index in [2.05, 4.69) is 40.2 Å². The first-order chi connectivity index (χ1) is 16.0. The predicted octanol–water partition coefficient (Wildman–Crippen LogP) is 3.78. The molecule has 3 amide bonds. The Balaban J connectivity index is 1.55. The van der Waals surface area contributed by atoms with Gasteiger partial charge in [0, 0.05) is 12.1 Å². The van der Waals surface area contributed by atoms with Gasteiger partial charge in [-0.2, -0.15) is 0 Å².